The third-order valence-electron chi connectivity index (χ3n) is 4.84. The maximum Gasteiger partial charge on any atom is 0.191 e. The van der Waals surface area contributed by atoms with Crippen LogP contribution in [0, 0.1) is 0 Å². The normalized spacial score (nSPS) is 25.9. The molecule has 2 aliphatic heterocycles. The Morgan fingerprint density at radius 2 is 2.25 bits per heavy atom. The van der Waals surface area contributed by atoms with E-state index < -0.39 is 0 Å². The van der Waals surface area contributed by atoms with Crippen LogP contribution in [-0.2, 0) is 11.3 Å². The van der Waals surface area contributed by atoms with E-state index in [1.807, 2.05) is 36.1 Å². The van der Waals surface area contributed by atoms with Crippen LogP contribution in [0.1, 0.15) is 24.8 Å². The molecule has 3 atom stereocenters. The molecular formula is C18H23N5O. The number of fused-ring (bicyclic) bond motifs is 2. The lowest BCUT2D eigenvalue weighted by Crippen LogP contribution is -2.47. The van der Waals surface area contributed by atoms with Crippen LogP contribution in [0.15, 0.2) is 47.7 Å². The van der Waals surface area contributed by atoms with Crippen molar-refractivity contribution in [2.75, 3.05) is 7.05 Å². The Hall–Kier alpha value is -2.34. The average Bonchev–Trinajstić information content (AvgIpc) is 3.36. The molecule has 2 bridgehead atoms. The van der Waals surface area contributed by atoms with Crippen LogP contribution in [0.3, 0.4) is 0 Å². The Kier molecular flexibility index (Phi) is 4.21. The summed E-state index contributed by atoms with van der Waals surface area (Å²) in [5.74, 6) is 0.825. The van der Waals surface area contributed by atoms with Crippen molar-refractivity contribution in [2.45, 2.75) is 44.1 Å². The van der Waals surface area contributed by atoms with Gasteiger partial charge < -0.3 is 15.4 Å². The lowest BCUT2D eigenvalue weighted by Gasteiger charge is -2.23. The van der Waals surface area contributed by atoms with E-state index in [0.717, 1.165) is 24.5 Å². The van der Waals surface area contributed by atoms with Gasteiger partial charge in [0.15, 0.2) is 5.96 Å². The fourth-order valence-electron chi connectivity index (χ4n) is 3.63. The van der Waals surface area contributed by atoms with Crippen molar-refractivity contribution < 1.29 is 4.74 Å². The molecule has 6 nitrogen and oxygen atoms in total. The molecule has 24 heavy (non-hydrogen) atoms. The molecule has 1 aromatic heterocycles. The number of ether oxygens (including phenoxy) is 1. The molecular weight excluding hydrogens is 302 g/mol. The highest BCUT2D eigenvalue weighted by Crippen LogP contribution is 2.34. The van der Waals surface area contributed by atoms with Gasteiger partial charge >= 0.3 is 0 Å². The molecule has 0 spiro atoms. The molecule has 2 aliphatic rings. The van der Waals surface area contributed by atoms with Gasteiger partial charge in [0.05, 0.1) is 23.9 Å². The van der Waals surface area contributed by atoms with Gasteiger partial charge in [0.25, 0.3) is 0 Å². The van der Waals surface area contributed by atoms with E-state index in [-0.39, 0.29) is 0 Å². The second-order valence-electron chi connectivity index (χ2n) is 6.37. The van der Waals surface area contributed by atoms with Gasteiger partial charge in [-0.15, -0.1) is 0 Å². The van der Waals surface area contributed by atoms with Crippen LogP contribution < -0.4 is 10.6 Å². The Bertz CT molecular complexity index is 712. The van der Waals surface area contributed by atoms with Crippen molar-refractivity contribution in [1.82, 2.24) is 20.4 Å². The van der Waals surface area contributed by atoms with E-state index >= 15 is 0 Å². The van der Waals surface area contributed by atoms with Gasteiger partial charge in [-0.3, -0.25) is 4.99 Å². The molecule has 3 unspecified atom stereocenters. The van der Waals surface area contributed by atoms with Crippen molar-refractivity contribution in [3.8, 4) is 5.69 Å². The molecule has 3 heterocycles. The summed E-state index contributed by atoms with van der Waals surface area (Å²) in [5, 5.41) is 11.3. The minimum Gasteiger partial charge on any atom is -0.373 e. The summed E-state index contributed by atoms with van der Waals surface area (Å²) in [6.07, 6.45) is 7.96. The predicted molar refractivity (Wildman–Crippen MR) is 93.2 cm³/mol. The third kappa shape index (κ3) is 3.01. The smallest absolute Gasteiger partial charge is 0.191 e. The first-order valence-electron chi connectivity index (χ1n) is 8.54. The molecule has 4 rings (SSSR count). The SMILES string of the molecule is CN=C(NCc1ccccc1-n1cccn1)NC1CC2CCC1O2. The van der Waals surface area contributed by atoms with Gasteiger partial charge in [0.2, 0.25) is 0 Å². The van der Waals surface area contributed by atoms with Gasteiger partial charge in [-0.2, -0.15) is 5.10 Å². The summed E-state index contributed by atoms with van der Waals surface area (Å²) in [4.78, 5) is 4.36. The fraction of sp³-hybridized carbons (Fsp3) is 0.444. The Balaban J connectivity index is 1.41. The van der Waals surface area contributed by atoms with E-state index in [1.54, 1.807) is 6.20 Å². The zero-order valence-electron chi connectivity index (χ0n) is 13.9. The lowest BCUT2D eigenvalue weighted by molar-refractivity contribution is 0.0992. The highest BCUT2D eigenvalue weighted by molar-refractivity contribution is 5.80. The molecule has 2 fully saturated rings. The number of hydrogen-bond donors (Lipinski definition) is 2. The van der Waals surface area contributed by atoms with Crippen LogP contribution in [0.25, 0.3) is 5.69 Å². The number of para-hydroxylation sites is 1. The summed E-state index contributed by atoms with van der Waals surface area (Å²) in [6.45, 7) is 0.692. The molecule has 2 aromatic rings. The summed E-state index contributed by atoms with van der Waals surface area (Å²) in [7, 11) is 1.81. The summed E-state index contributed by atoms with van der Waals surface area (Å²) in [5.41, 5.74) is 2.25. The number of aromatic nitrogens is 2. The second-order valence-corrected chi connectivity index (χ2v) is 6.37. The largest absolute Gasteiger partial charge is 0.373 e. The van der Waals surface area contributed by atoms with Crippen LogP contribution in [0.5, 0.6) is 0 Å². The maximum atomic E-state index is 5.90. The number of nitrogens with one attached hydrogen (secondary N) is 2. The number of aliphatic imine (C=N–C) groups is 1. The van der Waals surface area contributed by atoms with E-state index in [9.17, 15) is 0 Å². The fourth-order valence-corrected chi connectivity index (χ4v) is 3.63. The molecule has 0 aliphatic carbocycles. The number of rotatable bonds is 4. The number of hydrogen-bond acceptors (Lipinski definition) is 3. The van der Waals surface area contributed by atoms with Crippen molar-refractivity contribution >= 4 is 5.96 Å². The first-order valence-corrected chi connectivity index (χ1v) is 8.54. The lowest BCUT2D eigenvalue weighted by atomic mass is 9.96. The van der Waals surface area contributed by atoms with E-state index in [1.165, 1.54) is 12.0 Å². The molecule has 126 valence electrons. The molecule has 0 amide bonds. The highest BCUT2D eigenvalue weighted by atomic mass is 16.5. The van der Waals surface area contributed by atoms with Gasteiger partial charge in [-0.05, 0) is 37.0 Å². The van der Waals surface area contributed by atoms with Crippen molar-refractivity contribution in [3.05, 3.63) is 48.3 Å². The number of nitrogens with zero attached hydrogens (tertiary/aromatic N) is 3. The average molecular weight is 325 g/mol. The van der Waals surface area contributed by atoms with Crippen LogP contribution >= 0.6 is 0 Å². The van der Waals surface area contributed by atoms with Gasteiger partial charge in [-0.25, -0.2) is 4.68 Å². The Labute approximate surface area is 141 Å². The van der Waals surface area contributed by atoms with Gasteiger partial charge in [-0.1, -0.05) is 18.2 Å². The van der Waals surface area contributed by atoms with Crippen LogP contribution in [-0.4, -0.2) is 41.0 Å². The quantitative estimate of drug-likeness (QED) is 0.665. The third-order valence-corrected chi connectivity index (χ3v) is 4.84. The van der Waals surface area contributed by atoms with E-state index in [2.05, 4.69) is 32.9 Å². The first kappa shape index (κ1) is 15.2. The summed E-state index contributed by atoms with van der Waals surface area (Å²) < 4.78 is 7.79. The zero-order valence-corrected chi connectivity index (χ0v) is 13.9. The maximum absolute atomic E-state index is 5.90. The summed E-state index contributed by atoms with van der Waals surface area (Å²) in [6, 6.07) is 10.6. The van der Waals surface area contributed by atoms with Gasteiger partial charge in [0, 0.05) is 26.0 Å². The molecule has 0 saturated carbocycles. The van der Waals surface area contributed by atoms with Gasteiger partial charge in [0.1, 0.15) is 0 Å². The minimum atomic E-state index is 0.338. The first-order chi connectivity index (χ1) is 11.8. The minimum absolute atomic E-state index is 0.338. The second kappa shape index (κ2) is 6.65. The molecule has 2 N–H and O–H groups in total. The molecule has 0 radical (unpaired) electrons. The topological polar surface area (TPSA) is 63.5 Å². The van der Waals surface area contributed by atoms with Crippen LogP contribution in [0.2, 0.25) is 0 Å². The van der Waals surface area contributed by atoms with E-state index in [0.29, 0.717) is 24.8 Å². The summed E-state index contributed by atoms with van der Waals surface area (Å²) >= 11 is 0. The molecule has 1 aromatic carbocycles. The van der Waals surface area contributed by atoms with Crippen molar-refractivity contribution in [1.29, 1.82) is 0 Å². The molecule has 6 heteroatoms. The van der Waals surface area contributed by atoms with E-state index in [4.69, 9.17) is 4.74 Å². The number of benzene rings is 1. The van der Waals surface area contributed by atoms with Crippen LogP contribution in [0.4, 0.5) is 0 Å². The zero-order chi connectivity index (χ0) is 16.4. The predicted octanol–water partition coefficient (Wildman–Crippen LogP) is 1.86. The Morgan fingerprint density at radius 3 is 2.96 bits per heavy atom. The monoisotopic (exact) mass is 325 g/mol. The standard InChI is InChI=1S/C18H23N5O/c1-19-18(22-15-11-14-7-8-17(15)24-14)20-12-13-5-2-3-6-16(13)23-10-4-9-21-23/h2-6,9-10,14-15,17H,7-8,11-12H2,1H3,(H2,19,20,22). The Morgan fingerprint density at radius 1 is 1.33 bits per heavy atom. The molecule has 2 saturated heterocycles. The van der Waals surface area contributed by atoms with Crippen molar-refractivity contribution in [3.63, 3.8) is 0 Å². The van der Waals surface area contributed by atoms with Crippen molar-refractivity contribution in [2.24, 2.45) is 4.99 Å². The number of guanidine groups is 1. The highest BCUT2D eigenvalue weighted by Gasteiger charge is 2.41.